The fourth-order valence-corrected chi connectivity index (χ4v) is 2.22. The molecule has 110 valence electrons. The smallest absolute Gasteiger partial charge is 0.238 e. The monoisotopic (exact) mass is 281 g/mol. The average Bonchev–Trinajstić information content (AvgIpc) is 2.91. The average molecular weight is 281 g/mol. The van der Waals surface area contributed by atoms with E-state index in [-0.39, 0.29) is 36.5 Å². The van der Waals surface area contributed by atoms with Crippen LogP contribution in [0, 0.1) is 12.7 Å². The van der Waals surface area contributed by atoms with Crippen molar-refractivity contribution in [3.05, 3.63) is 35.1 Å². The molecular formula is C14H20FN3O2. The fourth-order valence-electron chi connectivity index (χ4n) is 2.22. The minimum absolute atomic E-state index is 0.0329. The van der Waals surface area contributed by atoms with Gasteiger partial charge in [0.25, 0.3) is 0 Å². The molecule has 1 aromatic carbocycles. The van der Waals surface area contributed by atoms with Crippen LogP contribution in [0.3, 0.4) is 0 Å². The zero-order valence-electron chi connectivity index (χ0n) is 11.6. The Morgan fingerprint density at radius 3 is 2.95 bits per heavy atom. The van der Waals surface area contributed by atoms with Crippen molar-refractivity contribution in [2.75, 3.05) is 6.61 Å². The van der Waals surface area contributed by atoms with Gasteiger partial charge in [0.2, 0.25) is 5.91 Å². The molecule has 1 heterocycles. The summed E-state index contributed by atoms with van der Waals surface area (Å²) in [5.74, 6) is -0.383. The summed E-state index contributed by atoms with van der Waals surface area (Å²) in [6, 6.07) is 4.28. The Balaban J connectivity index is 1.98. The first-order valence-electron chi connectivity index (χ1n) is 6.69. The van der Waals surface area contributed by atoms with Gasteiger partial charge in [0.1, 0.15) is 11.9 Å². The molecule has 20 heavy (non-hydrogen) atoms. The predicted octanol–water partition coefficient (Wildman–Crippen LogP) is 0.539. The SMILES string of the molecule is Cc1cc(C2CC(C(=O)N[C@@H](C)CO)NN2)ccc1F. The number of hydrazine groups is 1. The van der Waals surface area contributed by atoms with Crippen LogP contribution in [0.1, 0.15) is 30.5 Å². The van der Waals surface area contributed by atoms with Gasteiger partial charge in [-0.25, -0.2) is 15.2 Å². The first-order valence-corrected chi connectivity index (χ1v) is 6.69. The maximum Gasteiger partial charge on any atom is 0.238 e. The van der Waals surface area contributed by atoms with Crippen LogP contribution in [0.15, 0.2) is 18.2 Å². The highest BCUT2D eigenvalue weighted by Gasteiger charge is 2.30. The third kappa shape index (κ3) is 3.33. The van der Waals surface area contributed by atoms with E-state index in [1.807, 2.05) is 0 Å². The number of amides is 1. The maximum atomic E-state index is 13.2. The number of rotatable bonds is 4. The van der Waals surface area contributed by atoms with Gasteiger partial charge in [-0.05, 0) is 37.5 Å². The zero-order chi connectivity index (χ0) is 14.7. The third-order valence-corrected chi connectivity index (χ3v) is 3.47. The van der Waals surface area contributed by atoms with Crippen LogP contribution < -0.4 is 16.2 Å². The molecule has 1 aromatic rings. The van der Waals surface area contributed by atoms with Crippen LogP contribution >= 0.6 is 0 Å². The molecule has 5 nitrogen and oxygen atoms in total. The molecule has 1 fully saturated rings. The molecule has 1 aliphatic rings. The van der Waals surface area contributed by atoms with Crippen molar-refractivity contribution < 1.29 is 14.3 Å². The summed E-state index contributed by atoms with van der Waals surface area (Å²) in [6.45, 7) is 3.36. The molecular weight excluding hydrogens is 261 g/mol. The van der Waals surface area contributed by atoms with Crippen LogP contribution in [0.25, 0.3) is 0 Å². The van der Waals surface area contributed by atoms with E-state index in [1.165, 1.54) is 6.07 Å². The van der Waals surface area contributed by atoms with Crippen molar-refractivity contribution in [3.8, 4) is 0 Å². The highest BCUT2D eigenvalue weighted by atomic mass is 19.1. The zero-order valence-corrected chi connectivity index (χ0v) is 11.6. The number of aliphatic hydroxyl groups is 1. The van der Waals surface area contributed by atoms with Crippen LogP contribution in [-0.2, 0) is 4.79 Å². The predicted molar refractivity (Wildman–Crippen MR) is 73.2 cm³/mol. The quantitative estimate of drug-likeness (QED) is 0.650. The van der Waals surface area contributed by atoms with Gasteiger partial charge in [0.05, 0.1) is 6.61 Å². The molecule has 0 saturated carbocycles. The Morgan fingerprint density at radius 2 is 2.30 bits per heavy atom. The number of carbonyl (C=O) groups is 1. The van der Waals surface area contributed by atoms with Crippen molar-refractivity contribution in [1.82, 2.24) is 16.2 Å². The molecule has 0 bridgehead atoms. The number of hydrogen-bond donors (Lipinski definition) is 4. The number of carbonyl (C=O) groups excluding carboxylic acids is 1. The van der Waals surface area contributed by atoms with E-state index in [1.54, 1.807) is 26.0 Å². The highest BCUT2D eigenvalue weighted by molar-refractivity contribution is 5.82. The lowest BCUT2D eigenvalue weighted by molar-refractivity contribution is -0.123. The van der Waals surface area contributed by atoms with E-state index in [2.05, 4.69) is 16.2 Å². The molecule has 1 aliphatic heterocycles. The summed E-state index contributed by atoms with van der Waals surface area (Å²) in [5.41, 5.74) is 7.51. The van der Waals surface area contributed by atoms with Crippen LogP contribution in [-0.4, -0.2) is 29.7 Å². The molecule has 2 unspecified atom stereocenters. The first-order chi connectivity index (χ1) is 9.51. The van der Waals surface area contributed by atoms with Crippen molar-refractivity contribution in [2.24, 2.45) is 0 Å². The van der Waals surface area contributed by atoms with Gasteiger partial charge in [0.15, 0.2) is 0 Å². The Labute approximate surface area is 117 Å². The van der Waals surface area contributed by atoms with Crippen molar-refractivity contribution >= 4 is 5.91 Å². The Bertz CT molecular complexity index is 495. The van der Waals surface area contributed by atoms with Gasteiger partial charge in [0, 0.05) is 12.1 Å². The standard InChI is InChI=1S/C14H20FN3O2/c1-8-5-10(3-4-11(8)15)12-6-13(18-17-12)14(20)16-9(2)7-19/h3-5,9,12-13,17-19H,6-7H2,1-2H3,(H,16,20)/t9-,12?,13?/m0/s1. The molecule has 0 aliphatic carbocycles. The number of nitrogens with one attached hydrogen (secondary N) is 3. The molecule has 0 aromatic heterocycles. The van der Waals surface area contributed by atoms with E-state index >= 15 is 0 Å². The fraction of sp³-hybridized carbons (Fsp3) is 0.500. The summed E-state index contributed by atoms with van der Waals surface area (Å²) in [6.07, 6.45) is 0.578. The second kappa shape index (κ2) is 6.30. The van der Waals surface area contributed by atoms with E-state index in [4.69, 9.17) is 5.11 Å². The Hall–Kier alpha value is -1.50. The highest BCUT2D eigenvalue weighted by Crippen LogP contribution is 2.24. The summed E-state index contributed by atoms with van der Waals surface area (Å²) < 4.78 is 13.2. The first kappa shape index (κ1) is 14.9. The lowest BCUT2D eigenvalue weighted by atomic mass is 10.00. The summed E-state index contributed by atoms with van der Waals surface area (Å²) in [5, 5.41) is 11.6. The van der Waals surface area contributed by atoms with Gasteiger partial charge in [-0.3, -0.25) is 4.79 Å². The van der Waals surface area contributed by atoms with Gasteiger partial charge >= 0.3 is 0 Å². The molecule has 1 amide bonds. The largest absolute Gasteiger partial charge is 0.394 e. The van der Waals surface area contributed by atoms with Gasteiger partial charge in [-0.15, -0.1) is 0 Å². The summed E-state index contributed by atoms with van der Waals surface area (Å²) >= 11 is 0. The van der Waals surface area contributed by atoms with Crippen LogP contribution in [0.5, 0.6) is 0 Å². The molecule has 2 rings (SSSR count). The van der Waals surface area contributed by atoms with E-state index in [0.717, 1.165) is 5.56 Å². The maximum absolute atomic E-state index is 13.2. The van der Waals surface area contributed by atoms with Gasteiger partial charge < -0.3 is 10.4 Å². The number of aryl methyl sites for hydroxylation is 1. The van der Waals surface area contributed by atoms with E-state index in [0.29, 0.717) is 12.0 Å². The van der Waals surface area contributed by atoms with E-state index in [9.17, 15) is 9.18 Å². The Morgan fingerprint density at radius 1 is 1.55 bits per heavy atom. The second-order valence-electron chi connectivity index (χ2n) is 5.23. The van der Waals surface area contributed by atoms with Crippen molar-refractivity contribution in [1.29, 1.82) is 0 Å². The molecule has 0 spiro atoms. The second-order valence-corrected chi connectivity index (χ2v) is 5.23. The molecule has 6 heteroatoms. The third-order valence-electron chi connectivity index (χ3n) is 3.47. The summed E-state index contributed by atoms with van der Waals surface area (Å²) in [7, 11) is 0. The number of halogens is 1. The van der Waals surface area contributed by atoms with Crippen LogP contribution in [0.2, 0.25) is 0 Å². The van der Waals surface area contributed by atoms with Gasteiger partial charge in [-0.1, -0.05) is 12.1 Å². The topological polar surface area (TPSA) is 73.4 Å². The molecule has 1 saturated heterocycles. The van der Waals surface area contributed by atoms with E-state index < -0.39 is 0 Å². The summed E-state index contributed by atoms with van der Waals surface area (Å²) in [4.78, 5) is 11.9. The minimum Gasteiger partial charge on any atom is -0.394 e. The normalized spacial score (nSPS) is 23.6. The van der Waals surface area contributed by atoms with Crippen LogP contribution in [0.4, 0.5) is 4.39 Å². The molecule has 3 atom stereocenters. The van der Waals surface area contributed by atoms with Crippen molar-refractivity contribution in [3.63, 3.8) is 0 Å². The lowest BCUT2D eigenvalue weighted by Gasteiger charge is -2.14. The lowest BCUT2D eigenvalue weighted by Crippen LogP contribution is -2.47. The Kier molecular flexibility index (Phi) is 4.69. The van der Waals surface area contributed by atoms with Crippen molar-refractivity contribution in [2.45, 2.75) is 38.4 Å². The minimum atomic E-state index is -0.362. The number of hydrogen-bond acceptors (Lipinski definition) is 4. The van der Waals surface area contributed by atoms with Gasteiger partial charge in [-0.2, -0.15) is 0 Å². The molecule has 4 N–H and O–H groups in total. The number of benzene rings is 1. The number of aliphatic hydroxyl groups excluding tert-OH is 1. The molecule has 0 radical (unpaired) electrons.